The molecular weight excluding hydrogens is 300 g/mol. The second kappa shape index (κ2) is 7.43. The van der Waals surface area contributed by atoms with Crippen LogP contribution >= 0.6 is 11.6 Å². The number of hydrazine groups is 1. The topological polar surface area (TPSA) is 58.2 Å². The number of carbonyl (C=O) groups excluding carboxylic acids is 2. The van der Waals surface area contributed by atoms with Crippen LogP contribution in [0.4, 0.5) is 0 Å². The summed E-state index contributed by atoms with van der Waals surface area (Å²) in [7, 11) is 0. The molecule has 0 aliphatic carbocycles. The molecule has 0 aromatic heterocycles. The van der Waals surface area contributed by atoms with Gasteiger partial charge in [-0.1, -0.05) is 47.5 Å². The summed E-state index contributed by atoms with van der Waals surface area (Å²) in [5.74, 6) is -0.816. The van der Waals surface area contributed by atoms with Gasteiger partial charge < -0.3 is 0 Å². The molecule has 0 aliphatic heterocycles. The van der Waals surface area contributed by atoms with Gasteiger partial charge in [0.25, 0.3) is 11.8 Å². The molecule has 2 N–H and O–H groups in total. The van der Waals surface area contributed by atoms with E-state index in [-0.39, 0.29) is 5.91 Å². The fourth-order valence-corrected chi connectivity index (χ4v) is 1.99. The van der Waals surface area contributed by atoms with E-state index < -0.39 is 5.91 Å². The molecule has 0 radical (unpaired) electrons. The summed E-state index contributed by atoms with van der Waals surface area (Å²) in [6.45, 7) is 1.89. The number of aryl methyl sites for hydroxylation is 1. The average Bonchev–Trinajstić information content (AvgIpc) is 2.52. The number of nitrogens with one attached hydrogen (secondary N) is 2. The summed E-state index contributed by atoms with van der Waals surface area (Å²) in [6.07, 6.45) is 2.88. The number of hydrogen-bond donors (Lipinski definition) is 2. The molecule has 0 spiro atoms. The first-order valence-corrected chi connectivity index (χ1v) is 7.03. The Hall–Kier alpha value is -2.59. The number of rotatable bonds is 3. The van der Waals surface area contributed by atoms with E-state index in [4.69, 9.17) is 11.6 Å². The Labute approximate surface area is 133 Å². The Balaban J connectivity index is 1.90. The highest BCUT2D eigenvalue weighted by Crippen LogP contribution is 2.15. The lowest BCUT2D eigenvalue weighted by atomic mass is 10.1. The van der Waals surface area contributed by atoms with Crippen LogP contribution in [-0.2, 0) is 4.79 Å². The number of amides is 2. The Bertz CT molecular complexity index is 726. The maximum absolute atomic E-state index is 11.9. The third kappa shape index (κ3) is 4.46. The fourth-order valence-electron chi connectivity index (χ4n) is 1.79. The van der Waals surface area contributed by atoms with Gasteiger partial charge in [0.15, 0.2) is 0 Å². The fraction of sp³-hybridized carbons (Fsp3) is 0.0588. The van der Waals surface area contributed by atoms with E-state index in [1.54, 1.807) is 36.4 Å². The molecule has 2 rings (SSSR count). The molecule has 2 amide bonds. The van der Waals surface area contributed by atoms with Crippen molar-refractivity contribution in [2.75, 3.05) is 0 Å². The number of hydrogen-bond acceptors (Lipinski definition) is 2. The van der Waals surface area contributed by atoms with Crippen LogP contribution in [0.5, 0.6) is 0 Å². The SMILES string of the molecule is Cc1cccc(C(=O)NNC(=O)C=Cc2ccccc2Cl)c1. The molecule has 0 saturated carbocycles. The number of benzene rings is 2. The van der Waals surface area contributed by atoms with Crippen molar-refractivity contribution >= 4 is 29.5 Å². The van der Waals surface area contributed by atoms with Gasteiger partial charge in [-0.05, 0) is 36.8 Å². The molecule has 0 heterocycles. The van der Waals surface area contributed by atoms with Crippen LogP contribution in [0, 0.1) is 6.92 Å². The van der Waals surface area contributed by atoms with E-state index in [0.29, 0.717) is 10.6 Å². The minimum atomic E-state index is -0.444. The van der Waals surface area contributed by atoms with Gasteiger partial charge >= 0.3 is 0 Å². The lowest BCUT2D eigenvalue weighted by Gasteiger charge is -2.05. The van der Waals surface area contributed by atoms with Crippen molar-refractivity contribution in [3.8, 4) is 0 Å². The van der Waals surface area contributed by atoms with Gasteiger partial charge in [-0.25, -0.2) is 0 Å². The van der Waals surface area contributed by atoms with Gasteiger partial charge in [-0.15, -0.1) is 0 Å². The predicted molar refractivity (Wildman–Crippen MR) is 87.3 cm³/mol. The molecule has 0 fully saturated rings. The molecular formula is C17H15ClN2O2. The van der Waals surface area contributed by atoms with Crippen molar-refractivity contribution in [1.82, 2.24) is 10.9 Å². The summed E-state index contributed by atoms with van der Waals surface area (Å²) in [6, 6.07) is 14.2. The van der Waals surface area contributed by atoms with Crippen LogP contribution in [0.2, 0.25) is 5.02 Å². The average molecular weight is 315 g/mol. The second-order valence-electron chi connectivity index (χ2n) is 4.67. The van der Waals surface area contributed by atoms with Crippen molar-refractivity contribution in [3.63, 3.8) is 0 Å². The molecule has 4 nitrogen and oxygen atoms in total. The molecule has 0 atom stereocenters. The molecule has 5 heteroatoms. The van der Waals surface area contributed by atoms with Crippen LogP contribution in [-0.4, -0.2) is 11.8 Å². The van der Waals surface area contributed by atoms with Crippen molar-refractivity contribution in [1.29, 1.82) is 0 Å². The van der Waals surface area contributed by atoms with Crippen LogP contribution in [0.1, 0.15) is 21.5 Å². The molecule has 2 aromatic carbocycles. The van der Waals surface area contributed by atoms with E-state index >= 15 is 0 Å². The quantitative estimate of drug-likeness (QED) is 0.675. The molecule has 2 aromatic rings. The largest absolute Gasteiger partial charge is 0.269 e. The molecule has 0 bridgehead atoms. The summed E-state index contributed by atoms with van der Waals surface area (Å²) >= 11 is 5.98. The van der Waals surface area contributed by atoms with Gasteiger partial charge in [0.1, 0.15) is 0 Å². The highest BCUT2D eigenvalue weighted by molar-refractivity contribution is 6.32. The van der Waals surface area contributed by atoms with Crippen LogP contribution in [0.15, 0.2) is 54.6 Å². The zero-order valence-corrected chi connectivity index (χ0v) is 12.7. The minimum Gasteiger partial charge on any atom is -0.268 e. The molecule has 0 aliphatic rings. The van der Waals surface area contributed by atoms with E-state index in [0.717, 1.165) is 11.1 Å². The van der Waals surface area contributed by atoms with E-state index in [1.165, 1.54) is 6.08 Å². The lowest BCUT2D eigenvalue weighted by molar-refractivity contribution is -0.117. The second-order valence-corrected chi connectivity index (χ2v) is 5.07. The first-order chi connectivity index (χ1) is 10.6. The van der Waals surface area contributed by atoms with E-state index in [2.05, 4.69) is 10.9 Å². The smallest absolute Gasteiger partial charge is 0.268 e. The third-order valence-electron chi connectivity index (χ3n) is 2.90. The van der Waals surface area contributed by atoms with Gasteiger partial charge in [0.2, 0.25) is 0 Å². The Morgan fingerprint density at radius 3 is 2.55 bits per heavy atom. The predicted octanol–water partition coefficient (Wildman–Crippen LogP) is 3.12. The van der Waals surface area contributed by atoms with Gasteiger partial charge in [-0.2, -0.15) is 0 Å². The zero-order valence-electron chi connectivity index (χ0n) is 12.0. The Morgan fingerprint density at radius 2 is 1.82 bits per heavy atom. The summed E-state index contributed by atoms with van der Waals surface area (Å²) in [4.78, 5) is 23.5. The van der Waals surface area contributed by atoms with Crippen molar-refractivity contribution < 1.29 is 9.59 Å². The monoisotopic (exact) mass is 314 g/mol. The maximum atomic E-state index is 11.9. The molecule has 0 saturated heterocycles. The van der Waals surface area contributed by atoms with E-state index in [1.807, 2.05) is 25.1 Å². The standard InChI is InChI=1S/C17H15ClN2O2/c1-12-5-4-7-14(11-12)17(22)20-19-16(21)10-9-13-6-2-3-8-15(13)18/h2-11H,1H3,(H,19,21)(H,20,22). The van der Waals surface area contributed by atoms with Gasteiger partial charge in [0.05, 0.1) is 0 Å². The van der Waals surface area contributed by atoms with Crippen LogP contribution < -0.4 is 10.9 Å². The molecule has 112 valence electrons. The highest BCUT2D eigenvalue weighted by Gasteiger charge is 2.05. The third-order valence-corrected chi connectivity index (χ3v) is 3.24. The van der Waals surface area contributed by atoms with Crippen molar-refractivity contribution in [2.24, 2.45) is 0 Å². The normalized spacial score (nSPS) is 10.5. The lowest BCUT2D eigenvalue weighted by Crippen LogP contribution is -2.40. The number of carbonyl (C=O) groups is 2. The molecule has 0 unspecified atom stereocenters. The first kappa shape index (κ1) is 15.8. The Kier molecular flexibility index (Phi) is 5.33. The van der Waals surface area contributed by atoms with Crippen LogP contribution in [0.3, 0.4) is 0 Å². The van der Waals surface area contributed by atoms with E-state index in [9.17, 15) is 9.59 Å². The van der Waals surface area contributed by atoms with Crippen molar-refractivity contribution in [3.05, 3.63) is 76.3 Å². The van der Waals surface area contributed by atoms with Gasteiger partial charge in [-0.3, -0.25) is 20.4 Å². The van der Waals surface area contributed by atoms with Gasteiger partial charge in [0, 0.05) is 16.7 Å². The number of halogens is 1. The van der Waals surface area contributed by atoms with Crippen molar-refractivity contribution in [2.45, 2.75) is 6.92 Å². The van der Waals surface area contributed by atoms with Crippen LogP contribution in [0.25, 0.3) is 6.08 Å². The zero-order chi connectivity index (χ0) is 15.9. The summed E-state index contributed by atoms with van der Waals surface area (Å²) in [5, 5.41) is 0.551. The summed E-state index contributed by atoms with van der Waals surface area (Å²) in [5.41, 5.74) is 6.85. The first-order valence-electron chi connectivity index (χ1n) is 6.66. The maximum Gasteiger partial charge on any atom is 0.269 e. The highest BCUT2D eigenvalue weighted by atomic mass is 35.5. The minimum absolute atomic E-state index is 0.372. The summed E-state index contributed by atoms with van der Waals surface area (Å²) < 4.78 is 0. The molecule has 22 heavy (non-hydrogen) atoms. The Morgan fingerprint density at radius 1 is 1.05 bits per heavy atom.